The number of carbonyl (C=O) groups excluding carboxylic acids is 2. The van der Waals surface area contributed by atoms with Crippen LogP contribution in [0.15, 0.2) is 0 Å². The summed E-state index contributed by atoms with van der Waals surface area (Å²) >= 11 is 0. The van der Waals surface area contributed by atoms with E-state index in [9.17, 15) is 18.0 Å². The Morgan fingerprint density at radius 3 is 2.37 bits per heavy atom. The van der Waals surface area contributed by atoms with E-state index in [0.29, 0.717) is 6.42 Å². The Kier molecular flexibility index (Phi) is 4.29. The van der Waals surface area contributed by atoms with Crippen molar-refractivity contribution >= 4 is 21.7 Å². The Balaban J connectivity index is 3.08. The standard InChI is InChI=1S/C12H22N2O4S/c1-6-12(4)11(16)14(9(3)10(15)13-12)8(2)7-19(5,17)18/h8-9H,6-7H2,1-5H3,(H,13,15). The van der Waals surface area contributed by atoms with Crippen molar-refractivity contribution in [2.45, 2.75) is 51.7 Å². The second-order valence-electron chi connectivity index (χ2n) is 5.50. The summed E-state index contributed by atoms with van der Waals surface area (Å²) in [7, 11) is -3.21. The first kappa shape index (κ1) is 15.9. The average Bonchev–Trinajstić information content (AvgIpc) is 2.24. The van der Waals surface area contributed by atoms with Crippen molar-refractivity contribution in [3.05, 3.63) is 0 Å². The van der Waals surface area contributed by atoms with Crippen molar-refractivity contribution in [2.24, 2.45) is 0 Å². The summed E-state index contributed by atoms with van der Waals surface area (Å²) in [6.45, 7) is 6.75. The molecule has 1 rings (SSSR count). The molecule has 0 spiro atoms. The van der Waals surface area contributed by atoms with Crippen molar-refractivity contribution in [3.63, 3.8) is 0 Å². The maximum atomic E-state index is 12.5. The van der Waals surface area contributed by atoms with Crippen LogP contribution in [-0.4, -0.2) is 54.8 Å². The van der Waals surface area contributed by atoms with Crippen molar-refractivity contribution in [1.29, 1.82) is 0 Å². The first-order valence-corrected chi connectivity index (χ1v) is 8.40. The van der Waals surface area contributed by atoms with Crippen LogP contribution in [0.25, 0.3) is 0 Å². The lowest BCUT2D eigenvalue weighted by Crippen LogP contribution is -2.70. The number of hydrogen-bond acceptors (Lipinski definition) is 4. The van der Waals surface area contributed by atoms with Gasteiger partial charge in [0.05, 0.1) is 5.75 Å². The number of nitrogens with zero attached hydrogens (tertiary/aromatic N) is 1. The van der Waals surface area contributed by atoms with Crippen molar-refractivity contribution in [3.8, 4) is 0 Å². The Morgan fingerprint density at radius 2 is 1.95 bits per heavy atom. The highest BCUT2D eigenvalue weighted by Crippen LogP contribution is 2.23. The fourth-order valence-electron chi connectivity index (χ4n) is 2.36. The molecule has 3 unspecified atom stereocenters. The van der Waals surface area contributed by atoms with E-state index in [4.69, 9.17) is 0 Å². The highest BCUT2D eigenvalue weighted by atomic mass is 32.2. The molecule has 19 heavy (non-hydrogen) atoms. The largest absolute Gasteiger partial charge is 0.340 e. The second-order valence-corrected chi connectivity index (χ2v) is 7.69. The highest BCUT2D eigenvalue weighted by Gasteiger charge is 2.47. The van der Waals surface area contributed by atoms with Gasteiger partial charge in [-0.2, -0.15) is 0 Å². The normalized spacial score (nSPS) is 30.2. The van der Waals surface area contributed by atoms with Crippen LogP contribution in [-0.2, 0) is 19.4 Å². The lowest BCUT2D eigenvalue weighted by molar-refractivity contribution is -0.155. The smallest absolute Gasteiger partial charge is 0.248 e. The van der Waals surface area contributed by atoms with Gasteiger partial charge in [0.2, 0.25) is 11.8 Å². The molecular formula is C12H22N2O4S. The zero-order valence-electron chi connectivity index (χ0n) is 12.1. The van der Waals surface area contributed by atoms with E-state index < -0.39 is 27.5 Å². The monoisotopic (exact) mass is 290 g/mol. The van der Waals surface area contributed by atoms with E-state index in [2.05, 4.69) is 5.32 Å². The molecule has 0 aromatic rings. The topological polar surface area (TPSA) is 83.6 Å². The lowest BCUT2D eigenvalue weighted by atomic mass is 9.91. The molecule has 1 aliphatic rings. The van der Waals surface area contributed by atoms with Crippen LogP contribution in [0.2, 0.25) is 0 Å². The van der Waals surface area contributed by atoms with Crippen molar-refractivity contribution in [2.75, 3.05) is 12.0 Å². The third-order valence-corrected chi connectivity index (χ3v) is 4.72. The van der Waals surface area contributed by atoms with Gasteiger partial charge in [-0.3, -0.25) is 9.59 Å². The first-order valence-electron chi connectivity index (χ1n) is 6.34. The van der Waals surface area contributed by atoms with Crippen LogP contribution < -0.4 is 5.32 Å². The quantitative estimate of drug-likeness (QED) is 0.786. The lowest BCUT2D eigenvalue weighted by Gasteiger charge is -2.45. The maximum Gasteiger partial charge on any atom is 0.248 e. The van der Waals surface area contributed by atoms with Crippen LogP contribution in [0, 0.1) is 0 Å². The van der Waals surface area contributed by atoms with Gasteiger partial charge < -0.3 is 10.2 Å². The van der Waals surface area contributed by atoms with E-state index in [1.54, 1.807) is 20.8 Å². The minimum Gasteiger partial charge on any atom is -0.340 e. The molecule has 1 N–H and O–H groups in total. The van der Waals surface area contributed by atoms with Crippen molar-refractivity contribution in [1.82, 2.24) is 10.2 Å². The second kappa shape index (κ2) is 5.11. The average molecular weight is 290 g/mol. The minimum atomic E-state index is -3.21. The Hall–Kier alpha value is -1.11. The van der Waals surface area contributed by atoms with Gasteiger partial charge in [0.1, 0.15) is 21.4 Å². The molecule has 0 aliphatic carbocycles. The molecule has 6 nitrogen and oxygen atoms in total. The van der Waals surface area contributed by atoms with Crippen LogP contribution in [0.5, 0.6) is 0 Å². The first-order chi connectivity index (χ1) is 8.52. The molecule has 0 aromatic carbocycles. The van der Waals surface area contributed by atoms with Crippen molar-refractivity contribution < 1.29 is 18.0 Å². The predicted octanol–water partition coefficient (Wildman–Crippen LogP) is -0.0649. The van der Waals surface area contributed by atoms with Gasteiger partial charge in [0, 0.05) is 12.3 Å². The fraction of sp³-hybridized carbons (Fsp3) is 0.833. The molecular weight excluding hydrogens is 268 g/mol. The molecule has 110 valence electrons. The molecule has 1 heterocycles. The molecule has 0 bridgehead atoms. The summed E-state index contributed by atoms with van der Waals surface area (Å²) in [6.07, 6.45) is 1.59. The van der Waals surface area contributed by atoms with Gasteiger partial charge in [-0.05, 0) is 27.2 Å². The molecule has 0 aromatic heterocycles. The predicted molar refractivity (Wildman–Crippen MR) is 72.3 cm³/mol. The number of carbonyl (C=O) groups is 2. The number of piperazine rings is 1. The van der Waals surface area contributed by atoms with E-state index in [0.717, 1.165) is 6.26 Å². The third-order valence-electron chi connectivity index (χ3n) is 3.63. The molecule has 3 atom stereocenters. The summed E-state index contributed by atoms with van der Waals surface area (Å²) in [6, 6.07) is -1.17. The fourth-order valence-corrected chi connectivity index (χ4v) is 3.39. The SMILES string of the molecule is CCC1(C)NC(=O)C(C)N(C(C)CS(C)(=O)=O)C1=O. The van der Waals surface area contributed by atoms with Crippen LogP contribution in [0.1, 0.15) is 34.1 Å². The summed E-state index contributed by atoms with van der Waals surface area (Å²) in [4.78, 5) is 25.8. The van der Waals surface area contributed by atoms with Gasteiger partial charge in [0.25, 0.3) is 0 Å². The van der Waals surface area contributed by atoms with Gasteiger partial charge in [0.15, 0.2) is 0 Å². The zero-order valence-corrected chi connectivity index (χ0v) is 12.9. The van der Waals surface area contributed by atoms with Crippen LogP contribution in [0.4, 0.5) is 0 Å². The zero-order chi connectivity index (χ0) is 15.0. The van der Waals surface area contributed by atoms with Gasteiger partial charge in [-0.15, -0.1) is 0 Å². The van der Waals surface area contributed by atoms with Gasteiger partial charge in [-0.25, -0.2) is 8.42 Å². The molecule has 1 aliphatic heterocycles. The number of nitrogens with one attached hydrogen (secondary N) is 1. The van der Waals surface area contributed by atoms with E-state index in [-0.39, 0.29) is 17.6 Å². The Bertz CT molecular complexity index is 488. The number of rotatable bonds is 4. The number of hydrogen-bond donors (Lipinski definition) is 1. The molecule has 1 saturated heterocycles. The van der Waals surface area contributed by atoms with Gasteiger partial charge >= 0.3 is 0 Å². The van der Waals surface area contributed by atoms with Gasteiger partial charge in [-0.1, -0.05) is 6.92 Å². The Morgan fingerprint density at radius 1 is 1.42 bits per heavy atom. The summed E-state index contributed by atoms with van der Waals surface area (Å²) in [5.74, 6) is -0.613. The highest BCUT2D eigenvalue weighted by molar-refractivity contribution is 7.90. The summed E-state index contributed by atoms with van der Waals surface area (Å²) < 4.78 is 22.7. The number of sulfone groups is 1. The van der Waals surface area contributed by atoms with E-state index in [1.807, 2.05) is 6.92 Å². The van der Waals surface area contributed by atoms with E-state index >= 15 is 0 Å². The van der Waals surface area contributed by atoms with Crippen LogP contribution in [0.3, 0.4) is 0 Å². The molecule has 2 amide bonds. The summed E-state index contributed by atoms with van der Waals surface area (Å²) in [5, 5.41) is 2.71. The number of amides is 2. The molecule has 1 fully saturated rings. The summed E-state index contributed by atoms with van der Waals surface area (Å²) in [5.41, 5.74) is -0.949. The van der Waals surface area contributed by atoms with Crippen LogP contribution >= 0.6 is 0 Å². The molecule has 0 radical (unpaired) electrons. The molecule has 7 heteroatoms. The maximum absolute atomic E-state index is 12.5. The Labute approximate surface area is 114 Å². The van der Waals surface area contributed by atoms with E-state index in [1.165, 1.54) is 4.90 Å². The molecule has 0 saturated carbocycles. The minimum absolute atomic E-state index is 0.143. The third kappa shape index (κ3) is 3.26.